The van der Waals surface area contributed by atoms with Gasteiger partial charge in [-0.3, -0.25) is 19.2 Å². The summed E-state index contributed by atoms with van der Waals surface area (Å²) < 4.78 is 6.72. The van der Waals surface area contributed by atoms with Gasteiger partial charge in [-0.2, -0.15) is 0 Å². The summed E-state index contributed by atoms with van der Waals surface area (Å²) in [6.45, 7) is 0. The third kappa shape index (κ3) is 8.88. The molecule has 232 valence electrons. The molecule has 1 heterocycles. The normalized spacial score (nSPS) is 29.9. The molecule has 12 heteroatoms. The third-order valence-corrected chi connectivity index (χ3v) is 9.75. The Morgan fingerprint density at radius 2 is 1.09 bits per heavy atom. The summed E-state index contributed by atoms with van der Waals surface area (Å²) in [6.07, 6.45) is 12.0. The zero-order valence-electron chi connectivity index (χ0n) is 23.4. The van der Waals surface area contributed by atoms with E-state index in [9.17, 15) is 24.3 Å². The predicted molar refractivity (Wildman–Crippen MR) is 179 cm³/mol. The van der Waals surface area contributed by atoms with Crippen molar-refractivity contribution in [2.75, 3.05) is 0 Å². The zero-order valence-corrected chi connectivity index (χ0v) is 30.0. The van der Waals surface area contributed by atoms with Crippen LogP contribution >= 0.6 is 62.0 Å². The first-order chi connectivity index (χ1) is 21.0. The molecule has 3 fully saturated rings. The van der Waals surface area contributed by atoms with Gasteiger partial charge in [-0.15, -0.1) is 0 Å². The highest BCUT2D eigenvalue weighted by atomic mass is 79.9. The number of fused-ring (bicyclic) bond motifs is 3. The van der Waals surface area contributed by atoms with Crippen molar-refractivity contribution in [2.45, 2.75) is 25.7 Å². The molecular weight excluding hydrogens is 773 g/mol. The molecule has 9 rings (SSSR count). The maximum Gasteiger partial charge on any atom is 0.643 e. The first kappa shape index (κ1) is 35.4. The summed E-state index contributed by atoms with van der Waals surface area (Å²) in [6, 6.07) is 17.1. The minimum atomic E-state index is -1.72. The van der Waals surface area contributed by atoms with Gasteiger partial charge < -0.3 is 9.84 Å². The molecule has 4 bridgehead atoms. The summed E-state index contributed by atoms with van der Waals surface area (Å²) in [5.74, 6) is -2.20. The number of aliphatic carboxylic acids is 1. The Balaban J connectivity index is 0.000000156. The molecule has 8 unspecified atom stereocenters. The number of ether oxygens (including phenoxy) is 1. The molecule has 2 aromatic rings. The van der Waals surface area contributed by atoms with Crippen LogP contribution in [0.5, 0.6) is 0 Å². The van der Waals surface area contributed by atoms with Crippen molar-refractivity contribution in [1.82, 2.24) is 0 Å². The number of allylic oxidation sites excluding steroid dienone is 4. The van der Waals surface area contributed by atoms with E-state index in [1.54, 1.807) is 12.1 Å². The molecule has 6 nitrogen and oxygen atoms in total. The molecule has 6 aliphatic carbocycles. The standard InChI is InChI=1S/C16H15BrO3.C10H10O3.C6H5Br.Al.3ClH/c17-12-7-5-11(6-8-12)15(18)13-9-1-3-10(4-2-9)14(13)16(19)20;11-9-7-5-1-2-6(4-3-5)8(7)10(12)13-9;7-6-4-2-1-3-5-6;;;;/h1,3,5-10,13-14H,2,4H2,(H,19,20);1-2,5-8H,3-4H2;1-5H;;3*1H/q;;;+3;;;/p-3. The van der Waals surface area contributed by atoms with Gasteiger partial charge in [0, 0.05) is 20.4 Å². The van der Waals surface area contributed by atoms with Crippen molar-refractivity contribution in [3.63, 3.8) is 0 Å². The first-order valence-corrected chi connectivity index (χ1v) is 21.1. The summed E-state index contributed by atoms with van der Waals surface area (Å²) in [4.78, 5) is 46.9. The van der Waals surface area contributed by atoms with E-state index in [0.29, 0.717) is 5.56 Å². The van der Waals surface area contributed by atoms with E-state index in [-0.39, 0.29) is 53.2 Å². The fourth-order valence-electron chi connectivity index (χ4n) is 6.78. The van der Waals surface area contributed by atoms with Gasteiger partial charge in [-0.05, 0) is 73.6 Å². The molecule has 1 saturated heterocycles. The second kappa shape index (κ2) is 16.4. The lowest BCUT2D eigenvalue weighted by molar-refractivity contribution is -0.154. The molecule has 7 aliphatic rings. The Kier molecular flexibility index (Phi) is 13.2. The van der Waals surface area contributed by atoms with Gasteiger partial charge in [0.15, 0.2) is 5.78 Å². The van der Waals surface area contributed by atoms with Crippen molar-refractivity contribution >= 4 is 97.1 Å². The van der Waals surface area contributed by atoms with Gasteiger partial charge in [0.25, 0.3) is 0 Å². The molecule has 0 aromatic heterocycles. The number of ketones is 1. The number of halogens is 5. The molecule has 1 N–H and O–H groups in total. The second-order valence-electron chi connectivity index (χ2n) is 11.2. The lowest BCUT2D eigenvalue weighted by Crippen LogP contribution is -2.45. The van der Waals surface area contributed by atoms with Crippen LogP contribution in [-0.2, 0) is 19.1 Å². The van der Waals surface area contributed by atoms with E-state index in [1.807, 2.05) is 54.6 Å². The van der Waals surface area contributed by atoms with Gasteiger partial charge in [0.1, 0.15) is 0 Å². The van der Waals surface area contributed by atoms with Crippen LogP contribution in [0.1, 0.15) is 36.0 Å². The average Bonchev–Trinajstić information content (AvgIpc) is 3.34. The zero-order chi connectivity index (χ0) is 32.0. The number of hydrogen-bond donors (Lipinski definition) is 1. The quantitative estimate of drug-likeness (QED) is 0.110. The van der Waals surface area contributed by atoms with Crippen LogP contribution in [0, 0.1) is 47.3 Å². The highest BCUT2D eigenvalue weighted by molar-refractivity contribution is 9.10. The molecule has 0 amide bonds. The van der Waals surface area contributed by atoms with Crippen LogP contribution in [0.4, 0.5) is 0 Å². The van der Waals surface area contributed by atoms with Crippen molar-refractivity contribution in [2.24, 2.45) is 47.3 Å². The van der Waals surface area contributed by atoms with E-state index >= 15 is 0 Å². The van der Waals surface area contributed by atoms with Crippen molar-refractivity contribution in [1.29, 1.82) is 0 Å². The lowest BCUT2D eigenvalue weighted by atomic mass is 9.60. The van der Waals surface area contributed by atoms with Crippen molar-refractivity contribution in [3.05, 3.63) is 93.4 Å². The Hall–Kier alpha value is -1.44. The monoisotopic (exact) mass is 800 g/mol. The van der Waals surface area contributed by atoms with E-state index in [2.05, 4.69) is 48.7 Å². The van der Waals surface area contributed by atoms with Crippen LogP contribution < -0.4 is 0 Å². The number of cyclic esters (lactones) is 2. The van der Waals surface area contributed by atoms with Gasteiger partial charge in [0.05, 0.1) is 17.8 Å². The third-order valence-electron chi connectivity index (χ3n) is 8.69. The highest BCUT2D eigenvalue weighted by Crippen LogP contribution is 2.49. The molecule has 8 atom stereocenters. The number of Topliss-reactive ketones (excluding diaryl/α,β-unsaturated/α-hetero) is 1. The Labute approximate surface area is 290 Å². The van der Waals surface area contributed by atoms with Crippen LogP contribution in [0.2, 0.25) is 0 Å². The average molecular weight is 804 g/mol. The van der Waals surface area contributed by atoms with E-state index in [0.717, 1.165) is 34.6 Å². The minimum absolute atomic E-state index is 0.00176. The molecule has 0 spiro atoms. The fourth-order valence-corrected chi connectivity index (χ4v) is 7.35. The number of carboxylic acids is 1. The number of carboxylic acid groups (broad SMARTS) is 1. The Morgan fingerprint density at radius 3 is 1.48 bits per heavy atom. The second-order valence-corrected chi connectivity index (χ2v) is 19.4. The SMILES string of the molecule is Brc1ccccc1.O=C(O)C1C2C=CC(CC2)C1C(=O)c1ccc(Br)cc1.O=C1OC(=O)C2C3C=CC(CC3)C12.[Cl][Al]([Cl])[Cl]. The number of carbonyl (C=O) groups is 4. The van der Waals surface area contributed by atoms with Crippen LogP contribution in [0.3, 0.4) is 0 Å². The highest BCUT2D eigenvalue weighted by Gasteiger charge is 2.54. The first-order valence-electron chi connectivity index (χ1n) is 14.3. The molecule has 0 radical (unpaired) electrons. The maximum atomic E-state index is 12.7. The molecule has 2 saturated carbocycles. The van der Waals surface area contributed by atoms with Gasteiger partial charge in [0.2, 0.25) is 0 Å². The molecular formula is C32H30AlBr2Cl3O6. The van der Waals surface area contributed by atoms with Crippen LogP contribution in [0.15, 0.2) is 87.8 Å². The minimum Gasteiger partial charge on any atom is -0.481 e. The van der Waals surface area contributed by atoms with Gasteiger partial charge >= 0.3 is 29.3 Å². The summed E-state index contributed by atoms with van der Waals surface area (Å²) in [5, 5.41) is 9.48. The number of hydrogen-bond acceptors (Lipinski definition) is 5. The van der Waals surface area contributed by atoms with Crippen LogP contribution in [0.25, 0.3) is 0 Å². The Bertz CT molecular complexity index is 1370. The smallest absolute Gasteiger partial charge is 0.481 e. The van der Waals surface area contributed by atoms with Gasteiger partial charge in [-0.25, -0.2) is 30.1 Å². The fraction of sp³-hybridized carbons (Fsp3) is 0.375. The Morgan fingerprint density at radius 1 is 0.682 bits per heavy atom. The van der Waals surface area contributed by atoms with Crippen molar-refractivity contribution < 1.29 is 29.0 Å². The lowest BCUT2D eigenvalue weighted by Gasteiger charge is -2.42. The molecule has 44 heavy (non-hydrogen) atoms. The summed E-state index contributed by atoms with van der Waals surface area (Å²) >= 11 is 4.93. The van der Waals surface area contributed by atoms with Crippen LogP contribution in [-0.4, -0.2) is 40.2 Å². The van der Waals surface area contributed by atoms with E-state index in [1.165, 1.54) is 0 Å². The number of rotatable bonds is 3. The summed E-state index contributed by atoms with van der Waals surface area (Å²) in [7, 11) is 14.8. The number of benzene rings is 2. The molecule has 2 aromatic carbocycles. The number of carbonyl (C=O) groups excluding carboxylic acids is 3. The largest absolute Gasteiger partial charge is 0.643 e. The van der Waals surface area contributed by atoms with Crippen molar-refractivity contribution in [3.8, 4) is 0 Å². The topological polar surface area (TPSA) is 97.7 Å². The molecule has 1 aliphatic heterocycles. The maximum absolute atomic E-state index is 12.7. The summed E-state index contributed by atoms with van der Waals surface area (Å²) in [5.41, 5.74) is 0.602. The van der Waals surface area contributed by atoms with E-state index < -0.39 is 29.2 Å². The van der Waals surface area contributed by atoms with E-state index in [4.69, 9.17) is 30.1 Å². The number of esters is 2. The van der Waals surface area contributed by atoms with Gasteiger partial charge in [-0.1, -0.05) is 86.5 Å². The predicted octanol–water partition coefficient (Wildman–Crippen LogP) is 8.58.